The van der Waals surface area contributed by atoms with E-state index in [4.69, 9.17) is 11.6 Å². The molecule has 2 amide bonds. The van der Waals surface area contributed by atoms with Crippen molar-refractivity contribution in [1.29, 1.82) is 0 Å². The Morgan fingerprint density at radius 2 is 1.94 bits per heavy atom. The first-order valence-electron chi connectivity index (χ1n) is 10.4. The summed E-state index contributed by atoms with van der Waals surface area (Å²) in [6.45, 7) is 1.56. The van der Waals surface area contributed by atoms with Crippen LogP contribution in [0.5, 0.6) is 0 Å². The van der Waals surface area contributed by atoms with Crippen LogP contribution in [0.3, 0.4) is 0 Å². The average molecular weight is 494 g/mol. The summed E-state index contributed by atoms with van der Waals surface area (Å²) >= 11 is 7.56. The fraction of sp³-hybridized carbons (Fsp3) is 0.364. The van der Waals surface area contributed by atoms with Gasteiger partial charge in [0.15, 0.2) is 0 Å². The summed E-state index contributed by atoms with van der Waals surface area (Å²) in [5, 5.41) is 3.30. The Morgan fingerprint density at radius 1 is 1.19 bits per heavy atom. The fourth-order valence-corrected chi connectivity index (χ4v) is 6.07. The summed E-state index contributed by atoms with van der Waals surface area (Å²) in [5.41, 5.74) is 1.11. The lowest BCUT2D eigenvalue weighted by molar-refractivity contribution is -0.133. The van der Waals surface area contributed by atoms with E-state index in [2.05, 4.69) is 10.0 Å². The molecule has 2 aromatic carbocycles. The number of sulfonamides is 1. The highest BCUT2D eigenvalue weighted by atomic mass is 35.5. The standard InChI is InChI=1S/C22H24ClN3O4S2/c23-18-6-2-1-5-15(18)13-24-32(29,30)17-7-8-20-19(12-17)25-22(28)16(14-31-20)11-21(27)26-9-3-4-10-26/h1-2,5-8,12,16,24H,3-4,9-11,13-14H2,(H,25,28)/t16-/m0/s1. The lowest BCUT2D eigenvalue weighted by Gasteiger charge is -2.18. The van der Waals surface area contributed by atoms with Gasteiger partial charge in [0.05, 0.1) is 16.5 Å². The summed E-state index contributed by atoms with van der Waals surface area (Å²) in [7, 11) is -3.81. The molecule has 0 spiro atoms. The first-order chi connectivity index (χ1) is 15.3. The Bertz CT molecular complexity index is 1130. The van der Waals surface area contributed by atoms with Crippen LogP contribution in [0.15, 0.2) is 52.3 Å². The molecule has 0 radical (unpaired) electrons. The second-order valence-corrected chi connectivity index (χ2v) is 11.1. The van der Waals surface area contributed by atoms with Gasteiger partial charge in [0.2, 0.25) is 21.8 Å². The lowest BCUT2D eigenvalue weighted by Crippen LogP contribution is -2.33. The Kier molecular flexibility index (Phi) is 7.09. The first kappa shape index (κ1) is 23.1. The minimum Gasteiger partial charge on any atom is -0.343 e. The number of rotatable bonds is 6. The highest BCUT2D eigenvalue weighted by molar-refractivity contribution is 7.99. The van der Waals surface area contributed by atoms with Crippen LogP contribution in [-0.4, -0.2) is 44.0 Å². The number of amides is 2. The van der Waals surface area contributed by atoms with Crippen LogP contribution in [-0.2, 0) is 26.2 Å². The number of fused-ring (bicyclic) bond motifs is 1. The monoisotopic (exact) mass is 493 g/mol. The van der Waals surface area contributed by atoms with Crippen LogP contribution < -0.4 is 10.0 Å². The van der Waals surface area contributed by atoms with Crippen molar-refractivity contribution in [3.63, 3.8) is 0 Å². The maximum Gasteiger partial charge on any atom is 0.240 e. The fourth-order valence-electron chi connectivity index (χ4n) is 3.76. The van der Waals surface area contributed by atoms with Crippen molar-refractivity contribution in [1.82, 2.24) is 9.62 Å². The maximum atomic E-state index is 12.8. The van der Waals surface area contributed by atoms with E-state index in [1.165, 1.54) is 23.9 Å². The van der Waals surface area contributed by atoms with Gasteiger partial charge in [-0.15, -0.1) is 11.8 Å². The van der Waals surface area contributed by atoms with Gasteiger partial charge >= 0.3 is 0 Å². The van der Waals surface area contributed by atoms with Gasteiger partial charge in [-0.05, 0) is 42.7 Å². The molecule has 0 unspecified atom stereocenters. The molecule has 2 aliphatic rings. The topological polar surface area (TPSA) is 95.6 Å². The number of carbonyl (C=O) groups is 2. The molecule has 2 N–H and O–H groups in total. The van der Waals surface area contributed by atoms with Gasteiger partial charge in [0.1, 0.15) is 0 Å². The van der Waals surface area contributed by atoms with Gasteiger partial charge in [0, 0.05) is 41.7 Å². The van der Waals surface area contributed by atoms with Gasteiger partial charge in [0.25, 0.3) is 0 Å². The normalized spacial score (nSPS) is 18.7. The maximum absolute atomic E-state index is 12.8. The number of carbonyl (C=O) groups excluding carboxylic acids is 2. The molecular formula is C22H24ClN3O4S2. The Hall–Kier alpha value is -2.07. The van der Waals surface area contributed by atoms with Crippen molar-refractivity contribution in [3.8, 4) is 0 Å². The summed E-state index contributed by atoms with van der Waals surface area (Å²) in [5.74, 6) is -0.252. The largest absolute Gasteiger partial charge is 0.343 e. The predicted octanol–water partition coefficient (Wildman–Crippen LogP) is 3.49. The first-order valence-corrected chi connectivity index (χ1v) is 13.3. The van der Waals surface area contributed by atoms with E-state index in [1.807, 2.05) is 4.90 Å². The van der Waals surface area contributed by atoms with Crippen molar-refractivity contribution in [3.05, 3.63) is 53.1 Å². The number of benzene rings is 2. The molecule has 0 aromatic heterocycles. The third-order valence-corrected chi connectivity index (χ3v) is 8.62. The van der Waals surface area contributed by atoms with Crippen LogP contribution in [0.1, 0.15) is 24.8 Å². The van der Waals surface area contributed by atoms with E-state index >= 15 is 0 Å². The van der Waals surface area contributed by atoms with Crippen LogP contribution in [0, 0.1) is 5.92 Å². The Labute approximate surface area is 196 Å². The molecule has 7 nitrogen and oxygen atoms in total. The van der Waals surface area contributed by atoms with E-state index in [1.54, 1.807) is 30.3 Å². The highest BCUT2D eigenvalue weighted by Crippen LogP contribution is 2.35. The van der Waals surface area contributed by atoms with E-state index in [0.29, 0.717) is 22.0 Å². The van der Waals surface area contributed by atoms with Gasteiger partial charge < -0.3 is 10.2 Å². The second-order valence-electron chi connectivity index (χ2n) is 7.86. The van der Waals surface area contributed by atoms with E-state index in [9.17, 15) is 18.0 Å². The quantitative estimate of drug-likeness (QED) is 0.642. The van der Waals surface area contributed by atoms with Crippen molar-refractivity contribution in [2.75, 3.05) is 24.2 Å². The smallest absolute Gasteiger partial charge is 0.240 e. The lowest BCUT2D eigenvalue weighted by atomic mass is 10.1. The molecule has 170 valence electrons. The van der Waals surface area contributed by atoms with E-state index in [0.717, 1.165) is 30.8 Å². The molecule has 0 bridgehead atoms. The van der Waals surface area contributed by atoms with Gasteiger partial charge in [-0.25, -0.2) is 13.1 Å². The Balaban J connectivity index is 1.45. The molecule has 2 aliphatic heterocycles. The number of likely N-dealkylation sites (tertiary alicyclic amines) is 1. The van der Waals surface area contributed by atoms with Gasteiger partial charge in [-0.1, -0.05) is 29.8 Å². The van der Waals surface area contributed by atoms with Crippen LogP contribution in [0.4, 0.5) is 5.69 Å². The van der Waals surface area contributed by atoms with Crippen LogP contribution in [0.25, 0.3) is 0 Å². The van der Waals surface area contributed by atoms with Gasteiger partial charge in [-0.3, -0.25) is 9.59 Å². The van der Waals surface area contributed by atoms with Crippen LogP contribution in [0.2, 0.25) is 5.02 Å². The number of hydrogen-bond acceptors (Lipinski definition) is 5. The summed E-state index contributed by atoms with van der Waals surface area (Å²) in [4.78, 5) is 27.9. The van der Waals surface area contributed by atoms with Crippen molar-refractivity contribution >= 4 is 50.9 Å². The van der Waals surface area contributed by atoms with E-state index < -0.39 is 15.9 Å². The van der Waals surface area contributed by atoms with Crippen LogP contribution >= 0.6 is 23.4 Å². The molecule has 1 atom stereocenters. The van der Waals surface area contributed by atoms with Crippen molar-refractivity contribution < 1.29 is 18.0 Å². The number of nitrogens with zero attached hydrogens (tertiary/aromatic N) is 1. The zero-order chi connectivity index (χ0) is 22.7. The van der Waals surface area contributed by atoms with Crippen molar-refractivity contribution in [2.24, 2.45) is 5.92 Å². The third kappa shape index (κ3) is 5.28. The molecule has 2 aromatic rings. The molecule has 0 saturated carbocycles. The zero-order valence-electron chi connectivity index (χ0n) is 17.3. The summed E-state index contributed by atoms with van der Waals surface area (Å²) in [6, 6.07) is 11.7. The molecule has 1 fully saturated rings. The number of nitrogens with one attached hydrogen (secondary N) is 2. The molecule has 32 heavy (non-hydrogen) atoms. The number of halogens is 1. The SMILES string of the molecule is O=C1Nc2cc(S(=O)(=O)NCc3ccccc3Cl)ccc2SC[C@@H]1CC(=O)N1CCCC1. The predicted molar refractivity (Wildman–Crippen MR) is 125 cm³/mol. The van der Waals surface area contributed by atoms with E-state index in [-0.39, 0.29) is 29.7 Å². The molecule has 1 saturated heterocycles. The minimum atomic E-state index is -3.81. The minimum absolute atomic E-state index is 0.00115. The van der Waals surface area contributed by atoms with Crippen molar-refractivity contribution in [2.45, 2.75) is 35.6 Å². The molecule has 2 heterocycles. The number of anilines is 1. The Morgan fingerprint density at radius 3 is 2.69 bits per heavy atom. The molecular weight excluding hydrogens is 470 g/mol. The average Bonchev–Trinajstić information content (AvgIpc) is 3.26. The molecule has 10 heteroatoms. The number of hydrogen-bond donors (Lipinski definition) is 2. The molecule has 0 aliphatic carbocycles. The zero-order valence-corrected chi connectivity index (χ0v) is 19.7. The highest BCUT2D eigenvalue weighted by Gasteiger charge is 2.30. The second kappa shape index (κ2) is 9.82. The van der Waals surface area contributed by atoms with Gasteiger partial charge in [-0.2, -0.15) is 0 Å². The summed E-state index contributed by atoms with van der Waals surface area (Å²) in [6.07, 6.45) is 2.17. The number of thioether (sulfide) groups is 1. The summed E-state index contributed by atoms with van der Waals surface area (Å²) < 4.78 is 28.2. The third-order valence-electron chi connectivity index (χ3n) is 5.62. The molecule has 4 rings (SSSR count).